The third-order valence-corrected chi connectivity index (χ3v) is 5.75. The molecule has 7 nitrogen and oxygen atoms in total. The minimum absolute atomic E-state index is 0.179. The number of hydrogen-bond donors (Lipinski definition) is 0. The van der Waals surface area contributed by atoms with Crippen LogP contribution in [0, 0.1) is 6.92 Å². The smallest absolute Gasteiger partial charge is 0.294 e. The van der Waals surface area contributed by atoms with Crippen molar-refractivity contribution in [1.29, 1.82) is 0 Å². The maximum absolute atomic E-state index is 12.8. The van der Waals surface area contributed by atoms with E-state index in [1.165, 1.54) is 0 Å². The standard InChI is InChI=1S/C21H26N2O5S/c1-4-27-16-10-14(3)15(11-17(16)28-5-2)12-18-20(25)23(21(26)29-18)13-19(24)22-8-6-7-9-22/h10-12H,4-9,13H2,1-3H3/b18-12+. The monoisotopic (exact) mass is 418 g/mol. The third-order valence-electron chi connectivity index (χ3n) is 4.84. The first-order valence-corrected chi connectivity index (χ1v) is 10.7. The molecule has 0 N–H and O–H groups in total. The van der Waals surface area contributed by atoms with E-state index in [9.17, 15) is 14.4 Å². The van der Waals surface area contributed by atoms with Crippen molar-refractivity contribution in [2.45, 2.75) is 33.6 Å². The molecule has 2 aliphatic rings. The second kappa shape index (κ2) is 9.35. The van der Waals surface area contributed by atoms with Gasteiger partial charge in [-0.1, -0.05) is 0 Å². The highest BCUT2D eigenvalue weighted by Gasteiger charge is 2.37. The summed E-state index contributed by atoms with van der Waals surface area (Å²) in [5.74, 6) is 0.628. The molecule has 0 saturated carbocycles. The Morgan fingerprint density at radius 2 is 1.72 bits per heavy atom. The van der Waals surface area contributed by atoms with Gasteiger partial charge in [0, 0.05) is 13.1 Å². The number of thioether (sulfide) groups is 1. The lowest BCUT2D eigenvalue weighted by molar-refractivity contribution is -0.135. The van der Waals surface area contributed by atoms with Crippen LogP contribution in [0.1, 0.15) is 37.8 Å². The van der Waals surface area contributed by atoms with Crippen LogP contribution in [0.25, 0.3) is 6.08 Å². The van der Waals surface area contributed by atoms with Crippen LogP contribution in [0.5, 0.6) is 11.5 Å². The van der Waals surface area contributed by atoms with Crippen LogP contribution in [0.2, 0.25) is 0 Å². The van der Waals surface area contributed by atoms with Gasteiger partial charge in [0.1, 0.15) is 6.54 Å². The van der Waals surface area contributed by atoms with Gasteiger partial charge in [-0.25, -0.2) is 0 Å². The number of aryl methyl sites for hydroxylation is 1. The zero-order valence-corrected chi connectivity index (χ0v) is 17.8. The molecule has 2 fully saturated rings. The normalized spacial score (nSPS) is 18.1. The molecule has 29 heavy (non-hydrogen) atoms. The number of carbonyl (C=O) groups is 3. The predicted molar refractivity (Wildman–Crippen MR) is 112 cm³/mol. The lowest BCUT2D eigenvalue weighted by Gasteiger charge is -2.18. The molecule has 2 aliphatic heterocycles. The number of benzene rings is 1. The zero-order valence-electron chi connectivity index (χ0n) is 17.0. The summed E-state index contributed by atoms with van der Waals surface area (Å²) in [7, 11) is 0. The van der Waals surface area contributed by atoms with Crippen molar-refractivity contribution in [2.24, 2.45) is 0 Å². The number of carbonyl (C=O) groups excluding carboxylic acids is 3. The fourth-order valence-electron chi connectivity index (χ4n) is 3.35. The quantitative estimate of drug-likeness (QED) is 0.632. The van der Waals surface area contributed by atoms with Crippen molar-refractivity contribution in [3.63, 3.8) is 0 Å². The van der Waals surface area contributed by atoms with E-state index in [2.05, 4.69) is 0 Å². The molecule has 0 radical (unpaired) electrons. The van der Waals surface area contributed by atoms with E-state index in [0.29, 0.717) is 42.7 Å². The van der Waals surface area contributed by atoms with Gasteiger partial charge in [0.05, 0.1) is 18.1 Å². The van der Waals surface area contributed by atoms with Crippen molar-refractivity contribution in [3.05, 3.63) is 28.2 Å². The summed E-state index contributed by atoms with van der Waals surface area (Å²) in [5.41, 5.74) is 1.67. The van der Waals surface area contributed by atoms with Crippen molar-refractivity contribution in [2.75, 3.05) is 32.8 Å². The summed E-state index contributed by atoms with van der Waals surface area (Å²) in [6.07, 6.45) is 3.61. The van der Waals surface area contributed by atoms with Gasteiger partial charge in [-0.3, -0.25) is 19.3 Å². The highest BCUT2D eigenvalue weighted by molar-refractivity contribution is 8.18. The number of amides is 3. The molecule has 3 rings (SSSR count). The zero-order chi connectivity index (χ0) is 21.0. The average Bonchev–Trinajstić information content (AvgIpc) is 3.30. The molecule has 156 valence electrons. The molecule has 1 aromatic carbocycles. The Hall–Kier alpha value is -2.48. The molecular formula is C21H26N2O5S. The predicted octanol–water partition coefficient (Wildman–Crippen LogP) is 3.45. The number of ether oxygens (including phenoxy) is 2. The average molecular weight is 419 g/mol. The molecule has 0 spiro atoms. The number of rotatable bonds is 7. The van der Waals surface area contributed by atoms with E-state index in [1.807, 2.05) is 32.9 Å². The second-order valence-corrected chi connectivity index (χ2v) is 7.87. The van der Waals surface area contributed by atoms with Crippen molar-refractivity contribution < 1.29 is 23.9 Å². The highest BCUT2D eigenvalue weighted by Crippen LogP contribution is 2.36. The maximum Gasteiger partial charge on any atom is 0.294 e. The van der Waals surface area contributed by atoms with Crippen LogP contribution >= 0.6 is 11.8 Å². The van der Waals surface area contributed by atoms with Crippen molar-refractivity contribution in [3.8, 4) is 11.5 Å². The summed E-state index contributed by atoms with van der Waals surface area (Å²) in [6, 6.07) is 3.68. The maximum atomic E-state index is 12.8. The molecule has 8 heteroatoms. The number of imide groups is 1. The van der Waals surface area contributed by atoms with Crippen molar-refractivity contribution in [1.82, 2.24) is 9.80 Å². The van der Waals surface area contributed by atoms with Crippen LogP contribution in [0.15, 0.2) is 17.0 Å². The largest absolute Gasteiger partial charge is 0.490 e. The van der Waals surface area contributed by atoms with E-state index < -0.39 is 11.1 Å². The van der Waals surface area contributed by atoms with Gasteiger partial charge < -0.3 is 14.4 Å². The van der Waals surface area contributed by atoms with Gasteiger partial charge in [0.2, 0.25) is 5.91 Å². The molecule has 0 aliphatic carbocycles. The van der Waals surface area contributed by atoms with Crippen LogP contribution < -0.4 is 9.47 Å². The first kappa shape index (κ1) is 21.2. The Bertz CT molecular complexity index is 846. The minimum Gasteiger partial charge on any atom is -0.490 e. The van der Waals surface area contributed by atoms with Crippen LogP contribution in [0.4, 0.5) is 4.79 Å². The van der Waals surface area contributed by atoms with E-state index >= 15 is 0 Å². The summed E-state index contributed by atoms with van der Waals surface area (Å²) < 4.78 is 11.3. The molecule has 1 aromatic rings. The van der Waals surface area contributed by atoms with Gasteiger partial charge in [-0.15, -0.1) is 0 Å². The Morgan fingerprint density at radius 1 is 1.10 bits per heavy atom. The van der Waals surface area contributed by atoms with E-state index in [4.69, 9.17) is 9.47 Å². The number of nitrogens with zero attached hydrogens (tertiary/aromatic N) is 2. The SMILES string of the molecule is CCOc1cc(C)c(/C=C2/SC(=O)N(CC(=O)N3CCCC3)C2=O)cc1OCC. The molecule has 0 unspecified atom stereocenters. The van der Waals surface area contributed by atoms with E-state index in [1.54, 1.807) is 11.0 Å². The molecule has 0 bridgehead atoms. The van der Waals surface area contributed by atoms with Crippen LogP contribution in [0.3, 0.4) is 0 Å². The molecule has 3 amide bonds. The lowest BCUT2D eigenvalue weighted by atomic mass is 10.1. The van der Waals surface area contributed by atoms with Gasteiger partial charge in [-0.2, -0.15) is 0 Å². The molecule has 2 saturated heterocycles. The molecule has 0 atom stereocenters. The van der Waals surface area contributed by atoms with Gasteiger partial charge in [0.15, 0.2) is 11.5 Å². The van der Waals surface area contributed by atoms with Crippen LogP contribution in [-0.2, 0) is 9.59 Å². The van der Waals surface area contributed by atoms with E-state index in [0.717, 1.165) is 40.6 Å². The first-order chi connectivity index (χ1) is 13.9. The van der Waals surface area contributed by atoms with Crippen LogP contribution in [-0.4, -0.2) is 59.7 Å². The third kappa shape index (κ3) is 4.75. The fraction of sp³-hybridized carbons (Fsp3) is 0.476. The molecular weight excluding hydrogens is 392 g/mol. The molecule has 2 heterocycles. The topological polar surface area (TPSA) is 76.2 Å². The van der Waals surface area contributed by atoms with Gasteiger partial charge >= 0.3 is 0 Å². The number of hydrogen-bond acceptors (Lipinski definition) is 6. The minimum atomic E-state index is -0.432. The Labute approximate surface area is 175 Å². The summed E-state index contributed by atoms with van der Waals surface area (Å²) >= 11 is 0.859. The lowest BCUT2D eigenvalue weighted by Crippen LogP contribution is -2.40. The summed E-state index contributed by atoms with van der Waals surface area (Å²) in [5, 5.41) is -0.414. The summed E-state index contributed by atoms with van der Waals surface area (Å²) in [4.78, 5) is 40.5. The summed E-state index contributed by atoms with van der Waals surface area (Å²) in [6.45, 7) is 7.88. The Morgan fingerprint density at radius 3 is 2.34 bits per heavy atom. The van der Waals surface area contributed by atoms with Gasteiger partial charge in [-0.05, 0) is 74.7 Å². The first-order valence-electron chi connectivity index (χ1n) is 9.88. The van der Waals surface area contributed by atoms with Gasteiger partial charge in [0.25, 0.3) is 11.1 Å². The Balaban J connectivity index is 1.81. The second-order valence-electron chi connectivity index (χ2n) is 6.88. The highest BCUT2D eigenvalue weighted by atomic mass is 32.2. The molecule has 0 aromatic heterocycles. The Kier molecular flexibility index (Phi) is 6.84. The number of likely N-dealkylation sites (tertiary alicyclic amines) is 1. The fourth-order valence-corrected chi connectivity index (χ4v) is 4.18. The van der Waals surface area contributed by atoms with Crippen molar-refractivity contribution >= 4 is 34.9 Å². The van der Waals surface area contributed by atoms with E-state index in [-0.39, 0.29) is 12.5 Å².